The first-order chi connectivity index (χ1) is 12.6. The van der Waals surface area contributed by atoms with Crippen molar-refractivity contribution in [2.75, 3.05) is 11.9 Å². The van der Waals surface area contributed by atoms with Crippen molar-refractivity contribution in [2.45, 2.75) is 38.8 Å². The van der Waals surface area contributed by atoms with Crippen LogP contribution < -0.4 is 10.6 Å². The van der Waals surface area contributed by atoms with Gasteiger partial charge in [-0.1, -0.05) is 23.2 Å². The lowest BCUT2D eigenvalue weighted by Gasteiger charge is -2.14. The molecule has 0 saturated heterocycles. The predicted molar refractivity (Wildman–Crippen MR) is 98.7 cm³/mol. The van der Waals surface area contributed by atoms with E-state index in [1.165, 1.54) is 13.0 Å². The van der Waals surface area contributed by atoms with Crippen LogP contribution in [-0.4, -0.2) is 34.1 Å². The largest absolute Gasteiger partial charge is 0.384 e. The standard InChI is InChI=1S/C17H17Cl2F2N3O3/c1-6-11-10(3-4-22-15(6)26)24(17(20)21)14-12(11)9(5-8(18)13(14)19)23-16(27)7(2)25/h5-7,17,25H,3-4H2,1-2H3,(H,22,26)(H,23,27). The van der Waals surface area contributed by atoms with Crippen molar-refractivity contribution in [3.05, 3.63) is 27.4 Å². The fraction of sp³-hybridized carbons (Fsp3) is 0.412. The maximum Gasteiger partial charge on any atom is 0.319 e. The lowest BCUT2D eigenvalue weighted by molar-refractivity contribution is -0.123. The van der Waals surface area contributed by atoms with Crippen LogP contribution in [0.15, 0.2) is 6.07 Å². The number of hydrogen-bond donors (Lipinski definition) is 3. The van der Waals surface area contributed by atoms with Crippen LogP contribution in [0.5, 0.6) is 0 Å². The molecule has 2 heterocycles. The van der Waals surface area contributed by atoms with Gasteiger partial charge < -0.3 is 15.7 Å². The summed E-state index contributed by atoms with van der Waals surface area (Å²) >= 11 is 12.4. The Hall–Kier alpha value is -1.90. The Bertz CT molecular complexity index is 944. The van der Waals surface area contributed by atoms with Gasteiger partial charge in [0.15, 0.2) is 0 Å². The maximum absolute atomic E-state index is 13.9. The van der Waals surface area contributed by atoms with E-state index in [0.29, 0.717) is 5.56 Å². The van der Waals surface area contributed by atoms with Gasteiger partial charge >= 0.3 is 6.55 Å². The quantitative estimate of drug-likeness (QED) is 0.712. The van der Waals surface area contributed by atoms with Crippen LogP contribution >= 0.6 is 23.2 Å². The summed E-state index contributed by atoms with van der Waals surface area (Å²) in [5.74, 6) is -1.80. The molecule has 146 valence electrons. The average molecular weight is 420 g/mol. The first-order valence-corrected chi connectivity index (χ1v) is 9.00. The molecule has 3 rings (SSSR count). The Morgan fingerprint density at radius 3 is 2.70 bits per heavy atom. The summed E-state index contributed by atoms with van der Waals surface area (Å²) in [5.41, 5.74) is 0.677. The summed E-state index contributed by atoms with van der Waals surface area (Å²) in [7, 11) is 0. The Labute approximate surface area is 163 Å². The molecule has 0 aliphatic carbocycles. The molecular weight excluding hydrogens is 403 g/mol. The number of benzene rings is 1. The van der Waals surface area contributed by atoms with Crippen molar-refractivity contribution in [1.82, 2.24) is 9.88 Å². The van der Waals surface area contributed by atoms with Crippen molar-refractivity contribution in [1.29, 1.82) is 0 Å². The highest BCUT2D eigenvalue weighted by atomic mass is 35.5. The van der Waals surface area contributed by atoms with Gasteiger partial charge in [0.1, 0.15) is 6.10 Å². The normalized spacial score (nSPS) is 18.2. The lowest BCUT2D eigenvalue weighted by atomic mass is 9.96. The topological polar surface area (TPSA) is 83.4 Å². The van der Waals surface area contributed by atoms with Gasteiger partial charge in [-0.05, 0) is 25.5 Å². The number of aliphatic hydroxyl groups excluding tert-OH is 1. The van der Waals surface area contributed by atoms with Gasteiger partial charge in [0.05, 0.1) is 27.2 Å². The smallest absolute Gasteiger partial charge is 0.319 e. The van der Waals surface area contributed by atoms with Crippen molar-refractivity contribution >= 4 is 51.6 Å². The van der Waals surface area contributed by atoms with E-state index in [9.17, 15) is 23.5 Å². The molecule has 1 aliphatic heterocycles. The number of halogens is 4. The molecule has 0 fully saturated rings. The summed E-state index contributed by atoms with van der Waals surface area (Å²) in [4.78, 5) is 24.3. The van der Waals surface area contributed by atoms with Crippen molar-refractivity contribution in [2.24, 2.45) is 0 Å². The zero-order valence-electron chi connectivity index (χ0n) is 14.4. The molecule has 1 aliphatic rings. The third-order valence-corrected chi connectivity index (χ3v) is 5.40. The van der Waals surface area contributed by atoms with Gasteiger partial charge in [-0.3, -0.25) is 14.2 Å². The number of nitrogens with one attached hydrogen (secondary N) is 2. The number of amides is 2. The third kappa shape index (κ3) is 3.26. The highest BCUT2D eigenvalue weighted by Crippen LogP contribution is 2.45. The third-order valence-electron chi connectivity index (χ3n) is 4.63. The molecule has 0 spiro atoms. The zero-order valence-corrected chi connectivity index (χ0v) is 16.0. The molecule has 6 nitrogen and oxygen atoms in total. The van der Waals surface area contributed by atoms with E-state index in [4.69, 9.17) is 23.2 Å². The molecule has 2 atom stereocenters. The molecule has 3 N–H and O–H groups in total. The van der Waals surface area contributed by atoms with E-state index in [2.05, 4.69) is 10.6 Å². The van der Waals surface area contributed by atoms with E-state index in [0.717, 1.165) is 4.57 Å². The molecular formula is C17H17Cl2F2N3O3. The molecule has 1 aromatic heterocycles. The van der Waals surface area contributed by atoms with E-state index in [1.807, 2.05) is 0 Å². The summed E-state index contributed by atoms with van der Waals surface area (Å²) in [6.07, 6.45) is -1.16. The minimum Gasteiger partial charge on any atom is -0.384 e. The lowest BCUT2D eigenvalue weighted by Crippen LogP contribution is -2.27. The highest BCUT2D eigenvalue weighted by molar-refractivity contribution is 6.46. The summed E-state index contributed by atoms with van der Waals surface area (Å²) < 4.78 is 28.6. The number of rotatable bonds is 3. The summed E-state index contributed by atoms with van der Waals surface area (Å²) in [6, 6.07) is 1.33. The second kappa shape index (κ2) is 7.26. The van der Waals surface area contributed by atoms with E-state index in [-0.39, 0.29) is 51.2 Å². The minimum absolute atomic E-state index is 0.0308. The number of aliphatic hydroxyl groups is 1. The van der Waals surface area contributed by atoms with Gasteiger partial charge in [-0.15, -0.1) is 0 Å². The SMILES string of the molecule is CC(O)C(=O)Nc1cc(Cl)c(Cl)c2c1c1c(n2C(F)F)CCNC(=O)C1C. The Morgan fingerprint density at radius 1 is 1.44 bits per heavy atom. The fourth-order valence-corrected chi connectivity index (χ4v) is 3.82. The first-order valence-electron chi connectivity index (χ1n) is 8.24. The van der Waals surface area contributed by atoms with Gasteiger partial charge in [0, 0.05) is 24.0 Å². The highest BCUT2D eigenvalue weighted by Gasteiger charge is 2.33. The Morgan fingerprint density at radius 2 is 2.11 bits per heavy atom. The number of aromatic nitrogens is 1. The van der Waals surface area contributed by atoms with Gasteiger partial charge in [-0.2, -0.15) is 8.78 Å². The van der Waals surface area contributed by atoms with Crippen LogP contribution in [0.1, 0.15) is 37.6 Å². The summed E-state index contributed by atoms with van der Waals surface area (Å²) in [6.45, 7) is 0.135. The average Bonchev–Trinajstić information content (AvgIpc) is 2.86. The molecule has 0 saturated carbocycles. The van der Waals surface area contributed by atoms with Crippen LogP contribution in [-0.2, 0) is 16.0 Å². The number of alkyl halides is 2. The van der Waals surface area contributed by atoms with Crippen LogP contribution in [0.2, 0.25) is 10.0 Å². The minimum atomic E-state index is -2.92. The van der Waals surface area contributed by atoms with E-state index >= 15 is 0 Å². The van der Waals surface area contributed by atoms with Crippen LogP contribution in [0.3, 0.4) is 0 Å². The second-order valence-electron chi connectivity index (χ2n) is 6.38. The number of carbonyl (C=O) groups is 2. The molecule has 2 amide bonds. The monoisotopic (exact) mass is 419 g/mol. The van der Waals surface area contributed by atoms with Gasteiger partial charge in [-0.25, -0.2) is 0 Å². The number of fused-ring (bicyclic) bond motifs is 3. The molecule has 2 unspecified atom stereocenters. The number of hydrogen-bond acceptors (Lipinski definition) is 3. The predicted octanol–water partition coefficient (Wildman–Crippen LogP) is 3.44. The van der Waals surface area contributed by atoms with Crippen LogP contribution in [0.4, 0.5) is 14.5 Å². The van der Waals surface area contributed by atoms with Crippen LogP contribution in [0.25, 0.3) is 10.9 Å². The molecule has 27 heavy (non-hydrogen) atoms. The number of nitrogens with zero attached hydrogens (tertiary/aromatic N) is 1. The van der Waals surface area contributed by atoms with Gasteiger partial charge in [0.2, 0.25) is 5.91 Å². The first kappa shape index (κ1) is 19.9. The number of anilines is 1. The Balaban J connectivity index is 2.43. The van der Waals surface area contributed by atoms with E-state index < -0.39 is 24.5 Å². The number of carbonyl (C=O) groups excluding carboxylic acids is 2. The molecule has 2 aromatic rings. The molecule has 0 bridgehead atoms. The van der Waals surface area contributed by atoms with Crippen molar-refractivity contribution < 1.29 is 23.5 Å². The van der Waals surface area contributed by atoms with Crippen molar-refractivity contribution in [3.63, 3.8) is 0 Å². The van der Waals surface area contributed by atoms with Gasteiger partial charge in [0.25, 0.3) is 5.91 Å². The molecule has 10 heteroatoms. The molecule has 0 radical (unpaired) electrons. The van der Waals surface area contributed by atoms with Crippen molar-refractivity contribution in [3.8, 4) is 0 Å². The summed E-state index contributed by atoms with van der Waals surface area (Å²) in [5, 5.41) is 14.8. The van der Waals surface area contributed by atoms with Crippen LogP contribution in [0, 0.1) is 0 Å². The fourth-order valence-electron chi connectivity index (χ4n) is 3.38. The maximum atomic E-state index is 13.9. The Kier molecular flexibility index (Phi) is 5.33. The zero-order chi connectivity index (χ0) is 20.0. The second-order valence-corrected chi connectivity index (χ2v) is 7.16. The van der Waals surface area contributed by atoms with E-state index in [1.54, 1.807) is 6.92 Å². The molecule has 1 aromatic carbocycles.